The molecule has 1 amide bonds. The summed E-state index contributed by atoms with van der Waals surface area (Å²) >= 11 is 1.81. The normalized spacial score (nSPS) is 24.6. The zero-order valence-corrected chi connectivity index (χ0v) is 12.2. The van der Waals surface area contributed by atoms with Crippen LogP contribution in [0.15, 0.2) is 0 Å². The lowest BCUT2D eigenvalue weighted by Gasteiger charge is -2.23. The van der Waals surface area contributed by atoms with E-state index in [0.29, 0.717) is 5.91 Å². The van der Waals surface area contributed by atoms with Crippen LogP contribution in [0.3, 0.4) is 0 Å². The van der Waals surface area contributed by atoms with Gasteiger partial charge in [0.1, 0.15) is 0 Å². The molecule has 0 aromatic heterocycles. The van der Waals surface area contributed by atoms with Crippen LogP contribution in [-0.2, 0) is 4.79 Å². The van der Waals surface area contributed by atoms with Gasteiger partial charge in [0.2, 0.25) is 5.91 Å². The molecule has 0 aromatic rings. The Kier molecular flexibility index (Phi) is 6.97. The maximum Gasteiger partial charge on any atom is 0.241 e. The first-order valence-electron chi connectivity index (χ1n) is 6.80. The van der Waals surface area contributed by atoms with E-state index in [-0.39, 0.29) is 12.2 Å². The van der Waals surface area contributed by atoms with Crippen LogP contribution in [-0.4, -0.2) is 41.6 Å². The lowest BCUT2D eigenvalue weighted by atomic mass is 10.1. The van der Waals surface area contributed by atoms with Crippen LogP contribution in [0.2, 0.25) is 0 Å². The second kappa shape index (κ2) is 7.98. The van der Waals surface area contributed by atoms with Crippen LogP contribution in [0.5, 0.6) is 0 Å². The highest BCUT2D eigenvalue weighted by molar-refractivity contribution is 7.98. The summed E-state index contributed by atoms with van der Waals surface area (Å²) in [4.78, 5) is 14.3. The van der Waals surface area contributed by atoms with Crippen LogP contribution < -0.4 is 5.32 Å². The average molecular weight is 258 g/mol. The largest absolute Gasteiger partial charge is 0.325 e. The van der Waals surface area contributed by atoms with E-state index in [1.165, 1.54) is 0 Å². The fraction of sp³-hybridized carbons (Fsp3) is 0.923. The number of carbonyl (C=O) groups excluding carboxylic acids is 1. The molecule has 1 N–H and O–H groups in total. The van der Waals surface area contributed by atoms with Crippen molar-refractivity contribution >= 4 is 17.7 Å². The summed E-state index contributed by atoms with van der Waals surface area (Å²) < 4.78 is 0. The minimum absolute atomic E-state index is 0.0772. The third-order valence-corrected chi connectivity index (χ3v) is 3.89. The molecule has 0 aliphatic carbocycles. The maximum absolute atomic E-state index is 12.3. The minimum Gasteiger partial charge on any atom is -0.325 e. The van der Waals surface area contributed by atoms with Gasteiger partial charge in [-0.05, 0) is 19.1 Å². The number of thioether (sulfide) groups is 1. The molecular formula is C13H26N2OS. The number of amides is 1. The Morgan fingerprint density at radius 3 is 2.65 bits per heavy atom. The van der Waals surface area contributed by atoms with Gasteiger partial charge in [-0.15, -0.1) is 0 Å². The second-order valence-electron chi connectivity index (χ2n) is 4.69. The number of nitrogens with zero attached hydrogens (tertiary/aromatic N) is 1. The molecule has 2 atom stereocenters. The molecule has 17 heavy (non-hydrogen) atoms. The summed E-state index contributed by atoms with van der Waals surface area (Å²) in [7, 11) is 0. The molecule has 0 spiro atoms. The molecule has 1 fully saturated rings. The van der Waals surface area contributed by atoms with E-state index in [4.69, 9.17) is 0 Å². The lowest BCUT2D eigenvalue weighted by molar-refractivity contribution is -0.129. The molecule has 3 nitrogen and oxygen atoms in total. The van der Waals surface area contributed by atoms with Gasteiger partial charge in [0.15, 0.2) is 0 Å². The van der Waals surface area contributed by atoms with Crippen molar-refractivity contribution in [3.8, 4) is 0 Å². The Labute approximate surface area is 110 Å². The maximum atomic E-state index is 12.3. The number of hydrogen-bond acceptors (Lipinski definition) is 3. The summed E-state index contributed by atoms with van der Waals surface area (Å²) in [5, 5.41) is 3.50. The van der Waals surface area contributed by atoms with Gasteiger partial charge in [-0.2, -0.15) is 11.8 Å². The van der Waals surface area contributed by atoms with Crippen molar-refractivity contribution in [1.82, 2.24) is 10.2 Å². The van der Waals surface area contributed by atoms with E-state index in [9.17, 15) is 4.79 Å². The predicted molar refractivity (Wildman–Crippen MR) is 75.2 cm³/mol. The first-order valence-corrected chi connectivity index (χ1v) is 8.19. The standard InChI is InChI=1S/C13H26N2OS/c1-4-6-8-11-13(16)15(9-10-17-3)12(14-11)7-5-2/h11-12,14H,4-10H2,1-3H3. The number of hydrogen-bond donors (Lipinski definition) is 1. The summed E-state index contributed by atoms with van der Waals surface area (Å²) in [6, 6.07) is 0.0772. The molecule has 1 aliphatic rings. The first-order chi connectivity index (χ1) is 8.24. The van der Waals surface area contributed by atoms with Crippen molar-refractivity contribution in [1.29, 1.82) is 0 Å². The van der Waals surface area contributed by atoms with Crippen LogP contribution in [0.25, 0.3) is 0 Å². The zero-order chi connectivity index (χ0) is 12.7. The van der Waals surface area contributed by atoms with Gasteiger partial charge in [-0.25, -0.2) is 0 Å². The van der Waals surface area contributed by atoms with Crippen molar-refractivity contribution in [3.63, 3.8) is 0 Å². The molecule has 1 saturated heterocycles. The van der Waals surface area contributed by atoms with E-state index in [2.05, 4.69) is 30.3 Å². The Balaban J connectivity index is 2.54. The van der Waals surface area contributed by atoms with E-state index in [1.54, 1.807) is 0 Å². The summed E-state index contributed by atoms with van der Waals surface area (Å²) in [5.74, 6) is 1.36. The molecule has 1 aliphatic heterocycles. The Hall–Kier alpha value is -0.220. The fourth-order valence-corrected chi connectivity index (χ4v) is 2.71. The van der Waals surface area contributed by atoms with Crippen LogP contribution in [0, 0.1) is 0 Å². The minimum atomic E-state index is 0.0772. The molecule has 0 bridgehead atoms. The van der Waals surface area contributed by atoms with E-state index < -0.39 is 0 Å². The Bertz CT molecular complexity index is 235. The fourth-order valence-electron chi connectivity index (χ4n) is 2.33. The summed E-state index contributed by atoms with van der Waals surface area (Å²) in [5.41, 5.74) is 0. The van der Waals surface area contributed by atoms with Gasteiger partial charge in [0, 0.05) is 12.3 Å². The van der Waals surface area contributed by atoms with E-state index in [1.807, 2.05) is 11.8 Å². The Morgan fingerprint density at radius 2 is 2.06 bits per heavy atom. The van der Waals surface area contributed by atoms with Crippen molar-refractivity contribution in [3.05, 3.63) is 0 Å². The van der Waals surface area contributed by atoms with Gasteiger partial charge in [-0.1, -0.05) is 33.1 Å². The molecule has 1 rings (SSSR count). The van der Waals surface area contributed by atoms with Crippen LogP contribution in [0.1, 0.15) is 46.0 Å². The molecule has 100 valence electrons. The lowest BCUT2D eigenvalue weighted by Crippen LogP contribution is -2.38. The van der Waals surface area contributed by atoms with Crippen LogP contribution >= 0.6 is 11.8 Å². The third kappa shape index (κ3) is 4.18. The van der Waals surface area contributed by atoms with Gasteiger partial charge in [0.25, 0.3) is 0 Å². The number of nitrogens with one attached hydrogen (secondary N) is 1. The third-order valence-electron chi connectivity index (χ3n) is 3.30. The van der Waals surface area contributed by atoms with E-state index >= 15 is 0 Å². The summed E-state index contributed by atoms with van der Waals surface area (Å²) in [6.45, 7) is 5.24. The molecule has 1 heterocycles. The SMILES string of the molecule is CCCCC1NC(CCC)N(CCSC)C1=O. The van der Waals surface area contributed by atoms with Crippen LogP contribution in [0.4, 0.5) is 0 Å². The number of carbonyl (C=O) groups is 1. The van der Waals surface area contributed by atoms with Gasteiger partial charge < -0.3 is 4.90 Å². The summed E-state index contributed by atoms with van der Waals surface area (Å²) in [6.07, 6.45) is 7.86. The predicted octanol–water partition coefficient (Wildman–Crippen LogP) is 2.47. The molecule has 4 heteroatoms. The molecular weight excluding hydrogens is 232 g/mol. The van der Waals surface area contributed by atoms with Crippen molar-refractivity contribution in [2.75, 3.05) is 18.6 Å². The molecule has 0 aromatic carbocycles. The monoisotopic (exact) mass is 258 g/mol. The smallest absolute Gasteiger partial charge is 0.241 e. The topological polar surface area (TPSA) is 32.3 Å². The van der Waals surface area contributed by atoms with Gasteiger partial charge >= 0.3 is 0 Å². The molecule has 0 radical (unpaired) electrons. The number of unbranched alkanes of at least 4 members (excludes halogenated alkanes) is 1. The molecule has 2 unspecified atom stereocenters. The van der Waals surface area contributed by atoms with E-state index in [0.717, 1.165) is 44.4 Å². The highest BCUT2D eigenvalue weighted by Gasteiger charge is 2.36. The average Bonchev–Trinajstić information content (AvgIpc) is 2.61. The Morgan fingerprint density at radius 1 is 1.29 bits per heavy atom. The van der Waals surface area contributed by atoms with Crippen molar-refractivity contribution in [2.24, 2.45) is 0 Å². The zero-order valence-electron chi connectivity index (χ0n) is 11.4. The molecule has 0 saturated carbocycles. The quantitative estimate of drug-likeness (QED) is 0.726. The number of rotatable bonds is 8. The van der Waals surface area contributed by atoms with Gasteiger partial charge in [0.05, 0.1) is 12.2 Å². The first kappa shape index (κ1) is 14.8. The van der Waals surface area contributed by atoms with Gasteiger partial charge in [-0.3, -0.25) is 10.1 Å². The highest BCUT2D eigenvalue weighted by Crippen LogP contribution is 2.19. The van der Waals surface area contributed by atoms with Crippen molar-refractivity contribution < 1.29 is 4.79 Å². The van der Waals surface area contributed by atoms with Crippen molar-refractivity contribution in [2.45, 2.75) is 58.2 Å². The second-order valence-corrected chi connectivity index (χ2v) is 5.68. The highest BCUT2D eigenvalue weighted by atomic mass is 32.2.